The summed E-state index contributed by atoms with van der Waals surface area (Å²) in [5.41, 5.74) is -15.5. The van der Waals surface area contributed by atoms with Crippen molar-refractivity contribution in [2.24, 2.45) is 0 Å². The van der Waals surface area contributed by atoms with Crippen LogP contribution in [0.5, 0.6) is 0 Å². The van der Waals surface area contributed by atoms with E-state index in [1.165, 1.54) is 0 Å². The lowest BCUT2D eigenvalue weighted by Crippen LogP contribution is -2.85. The van der Waals surface area contributed by atoms with Crippen molar-refractivity contribution in [3.05, 3.63) is 0 Å². The van der Waals surface area contributed by atoms with Crippen LogP contribution in [0, 0.1) is 0 Å². The van der Waals surface area contributed by atoms with Crippen LogP contribution in [0.25, 0.3) is 0 Å². The minimum Gasteiger partial charge on any atom is -0.420 e. The fourth-order valence-corrected chi connectivity index (χ4v) is 2.75. The molecule has 0 N–H and O–H groups in total. The Labute approximate surface area is 162 Å². The van der Waals surface area contributed by atoms with Gasteiger partial charge in [-0.15, -0.1) is 0 Å². The molecule has 0 saturated carbocycles. The number of hydrogen-bond donors (Lipinski definition) is 0. The zero-order valence-corrected chi connectivity index (χ0v) is 14.5. The summed E-state index contributed by atoms with van der Waals surface area (Å²) in [5.74, 6) is -9.19. The Kier molecular flexibility index (Phi) is 7.15. The molecule has 0 aromatic rings. The minimum absolute atomic E-state index is 3.01. The molecule has 18 heteroatoms. The number of carbonyl (C=O) groups excluding carboxylic acids is 1. The van der Waals surface area contributed by atoms with Gasteiger partial charge in [0.15, 0.2) is 12.3 Å². The van der Waals surface area contributed by atoms with Crippen LogP contribution in [0.15, 0.2) is 0 Å². The first kappa shape index (κ1) is 27.4. The zero-order valence-electron chi connectivity index (χ0n) is 14.5. The Morgan fingerprint density at radius 2 is 1.06 bits per heavy atom. The molecule has 3 atom stereocenters. The topological polar surface area (TPSA) is 44.8 Å². The molecule has 0 spiro atoms. The summed E-state index contributed by atoms with van der Waals surface area (Å²) in [6, 6.07) is 0. The van der Waals surface area contributed by atoms with Gasteiger partial charge in [-0.05, 0) is 0 Å². The summed E-state index contributed by atoms with van der Waals surface area (Å²) < 4.78 is 197. The lowest BCUT2D eigenvalue weighted by molar-refractivity contribution is -0.525. The molecule has 1 aliphatic heterocycles. The summed E-state index contributed by atoms with van der Waals surface area (Å²) in [7, 11) is 0. The monoisotopic (exact) mass is 496 g/mol. The molecule has 0 amide bonds. The molecule has 1 rings (SSSR count). The normalized spacial score (nSPS) is 32.1. The molecule has 1 fully saturated rings. The van der Waals surface area contributed by atoms with E-state index < -0.39 is 80.5 Å². The highest BCUT2D eigenvalue weighted by Crippen LogP contribution is 2.59. The van der Waals surface area contributed by atoms with Crippen molar-refractivity contribution in [3.8, 4) is 0 Å². The van der Waals surface area contributed by atoms with E-state index in [-0.39, 0.29) is 0 Å². The number of hydrogen-bond acceptors (Lipinski definition) is 4. The molecular weight excluding hydrogens is 486 g/mol. The predicted molar refractivity (Wildman–Crippen MR) is 67.2 cm³/mol. The van der Waals surface area contributed by atoms with Crippen LogP contribution < -0.4 is 0 Å². The Morgan fingerprint density at radius 1 is 0.645 bits per heavy atom. The van der Waals surface area contributed by atoms with E-state index in [2.05, 4.69) is 14.2 Å². The SMILES string of the molecule is O=C(OC1(CF)OC(CF)(C(F)(F)F)C(CF)(CF)OC1(CF)C(F)(F)F)C(F)(F)F. The second-order valence-electron chi connectivity index (χ2n) is 6.16. The largest absolute Gasteiger partial charge is 0.491 e. The zero-order chi connectivity index (χ0) is 24.7. The highest BCUT2D eigenvalue weighted by molar-refractivity contribution is 5.76. The van der Waals surface area contributed by atoms with Crippen LogP contribution in [0.3, 0.4) is 0 Å². The van der Waals surface area contributed by atoms with E-state index in [1.54, 1.807) is 0 Å². The summed E-state index contributed by atoms with van der Waals surface area (Å²) in [6.45, 7) is -16.0. The second-order valence-corrected chi connectivity index (χ2v) is 6.16. The third-order valence-electron chi connectivity index (χ3n) is 4.45. The Morgan fingerprint density at radius 3 is 1.32 bits per heavy atom. The van der Waals surface area contributed by atoms with Crippen LogP contribution in [0.4, 0.5) is 61.5 Å². The molecule has 0 radical (unpaired) electrons. The molecule has 0 aromatic carbocycles. The molecule has 0 aliphatic carbocycles. The predicted octanol–water partition coefficient (Wildman–Crippen LogP) is 4.02. The van der Waals surface area contributed by atoms with Crippen LogP contribution in [-0.2, 0) is 19.0 Å². The molecule has 31 heavy (non-hydrogen) atoms. The first-order valence-corrected chi connectivity index (χ1v) is 7.48. The minimum atomic E-state index is -6.62. The lowest BCUT2D eigenvalue weighted by Gasteiger charge is -2.60. The number of esters is 1. The van der Waals surface area contributed by atoms with Crippen LogP contribution in [-0.4, -0.2) is 80.5 Å². The van der Waals surface area contributed by atoms with Gasteiger partial charge in [-0.1, -0.05) is 0 Å². The van der Waals surface area contributed by atoms with Crippen molar-refractivity contribution in [2.75, 3.05) is 33.4 Å². The molecule has 1 aliphatic rings. The average Bonchev–Trinajstić information content (AvgIpc) is 2.64. The van der Waals surface area contributed by atoms with Crippen LogP contribution in [0.2, 0.25) is 0 Å². The maximum absolute atomic E-state index is 13.6. The first-order chi connectivity index (χ1) is 13.8. The summed E-state index contributed by atoms with van der Waals surface area (Å²) in [4.78, 5) is 11.0. The van der Waals surface area contributed by atoms with Crippen molar-refractivity contribution in [1.29, 1.82) is 0 Å². The first-order valence-electron chi connectivity index (χ1n) is 7.48. The smallest absolute Gasteiger partial charge is 0.420 e. The molecule has 184 valence electrons. The van der Waals surface area contributed by atoms with E-state index in [0.717, 1.165) is 0 Å². The Hall–Kier alpha value is -1.59. The highest BCUT2D eigenvalue weighted by Gasteiger charge is 2.86. The van der Waals surface area contributed by atoms with Gasteiger partial charge in [-0.3, -0.25) is 0 Å². The Bertz CT molecular complexity index is 656. The maximum Gasteiger partial charge on any atom is 0.491 e. The fraction of sp³-hybridized carbons (Fsp3) is 0.923. The van der Waals surface area contributed by atoms with E-state index in [9.17, 15) is 66.3 Å². The van der Waals surface area contributed by atoms with E-state index >= 15 is 0 Å². The Balaban J connectivity index is 4.05. The number of rotatable bonds is 6. The van der Waals surface area contributed by atoms with Gasteiger partial charge in [0.2, 0.25) is 5.60 Å². The molecule has 1 saturated heterocycles. The van der Waals surface area contributed by atoms with Crippen molar-refractivity contribution in [3.63, 3.8) is 0 Å². The van der Waals surface area contributed by atoms with Crippen LogP contribution in [0.1, 0.15) is 0 Å². The van der Waals surface area contributed by atoms with Crippen LogP contribution >= 0.6 is 0 Å². The molecule has 1 heterocycles. The molecular formula is C13H10F14O4. The summed E-state index contributed by atoms with van der Waals surface area (Å²) in [5, 5.41) is 0. The van der Waals surface area contributed by atoms with E-state index in [0.29, 0.717) is 0 Å². The number of alkyl halides is 14. The van der Waals surface area contributed by atoms with Gasteiger partial charge in [0.05, 0.1) is 0 Å². The summed E-state index contributed by atoms with van der Waals surface area (Å²) >= 11 is 0. The highest BCUT2D eigenvalue weighted by atomic mass is 19.4. The van der Waals surface area contributed by atoms with Crippen molar-refractivity contribution < 1.29 is 80.5 Å². The van der Waals surface area contributed by atoms with Gasteiger partial charge < -0.3 is 14.2 Å². The average molecular weight is 496 g/mol. The number of ether oxygens (including phenoxy) is 3. The standard InChI is InChI=1S/C13H10F14O4/c14-1-7(2-15)8(3-16,12(22,23)24)31-10(5-18,29-6(28)11(19,20)21)9(4-17,30-7)13(25,26)27/h1-5H2. The van der Waals surface area contributed by atoms with Gasteiger partial charge in [-0.25, -0.2) is 26.7 Å². The third-order valence-corrected chi connectivity index (χ3v) is 4.45. The third kappa shape index (κ3) is 3.78. The van der Waals surface area contributed by atoms with Gasteiger partial charge in [-0.2, -0.15) is 39.5 Å². The van der Waals surface area contributed by atoms with Crippen molar-refractivity contribution >= 4 is 5.97 Å². The van der Waals surface area contributed by atoms with Gasteiger partial charge in [0.25, 0.3) is 11.4 Å². The molecule has 4 nitrogen and oxygen atoms in total. The summed E-state index contributed by atoms with van der Waals surface area (Å²) in [6.07, 6.45) is -19.5. The van der Waals surface area contributed by atoms with Crippen molar-refractivity contribution in [1.82, 2.24) is 0 Å². The maximum atomic E-state index is 13.6. The van der Waals surface area contributed by atoms with Gasteiger partial charge in [0.1, 0.15) is 26.7 Å². The fourth-order valence-electron chi connectivity index (χ4n) is 2.75. The molecule has 0 aromatic heterocycles. The molecule has 0 bridgehead atoms. The van der Waals surface area contributed by atoms with E-state index in [1.807, 2.05) is 0 Å². The lowest BCUT2D eigenvalue weighted by atomic mass is 9.78. The molecule has 3 unspecified atom stereocenters. The number of carbonyl (C=O) groups is 1. The quantitative estimate of drug-likeness (QED) is 0.412. The van der Waals surface area contributed by atoms with Gasteiger partial charge in [0, 0.05) is 0 Å². The van der Waals surface area contributed by atoms with Gasteiger partial charge >= 0.3 is 24.5 Å². The number of halogens is 14. The second kappa shape index (κ2) is 8.08. The van der Waals surface area contributed by atoms with E-state index in [4.69, 9.17) is 0 Å². The van der Waals surface area contributed by atoms with Crippen molar-refractivity contribution in [2.45, 2.75) is 41.1 Å².